The second-order valence-electron chi connectivity index (χ2n) is 5.51. The summed E-state index contributed by atoms with van der Waals surface area (Å²) in [6.07, 6.45) is 1.36. The Morgan fingerprint density at radius 2 is 2.12 bits per heavy atom. The number of aromatic nitrogens is 1. The van der Waals surface area contributed by atoms with E-state index in [1.54, 1.807) is 13.0 Å². The fraction of sp³-hybridized carbons (Fsp3) is 0.429. The van der Waals surface area contributed by atoms with E-state index < -0.39 is 23.9 Å². The monoisotopic (exact) mass is 334 g/mol. The van der Waals surface area contributed by atoms with Crippen LogP contribution in [0.3, 0.4) is 0 Å². The molecule has 0 spiro atoms. The van der Waals surface area contributed by atoms with E-state index in [0.29, 0.717) is 17.3 Å². The summed E-state index contributed by atoms with van der Waals surface area (Å²) in [5.41, 5.74) is 0.502. The Kier molecular flexibility index (Phi) is 3.87. The van der Waals surface area contributed by atoms with Crippen LogP contribution in [0.2, 0.25) is 0 Å². The predicted molar refractivity (Wildman–Crippen MR) is 79.4 cm³/mol. The van der Waals surface area contributed by atoms with Crippen molar-refractivity contribution in [3.8, 4) is 0 Å². The van der Waals surface area contributed by atoms with E-state index in [0.717, 1.165) is 4.90 Å². The summed E-state index contributed by atoms with van der Waals surface area (Å²) in [7, 11) is 2.92. The van der Waals surface area contributed by atoms with E-state index in [-0.39, 0.29) is 13.2 Å². The highest BCUT2D eigenvalue weighted by atomic mass is 16.5. The molecule has 10 nitrogen and oxygen atoms in total. The van der Waals surface area contributed by atoms with Crippen LogP contribution >= 0.6 is 0 Å². The van der Waals surface area contributed by atoms with Crippen LogP contribution in [-0.4, -0.2) is 76.3 Å². The van der Waals surface area contributed by atoms with E-state index in [4.69, 9.17) is 9.26 Å². The summed E-state index contributed by atoms with van der Waals surface area (Å²) in [5.74, 6) is -0.0672. The zero-order chi connectivity index (χ0) is 17.4. The molecule has 1 aromatic heterocycles. The molecule has 3 amide bonds. The number of carbonyl (C=O) groups is 3. The number of imide groups is 1. The Balaban J connectivity index is 1.63. The van der Waals surface area contributed by atoms with Gasteiger partial charge in [-0.3, -0.25) is 14.6 Å². The number of amides is 3. The van der Waals surface area contributed by atoms with E-state index in [2.05, 4.69) is 10.1 Å². The Hall–Kier alpha value is -3.04. The standard InChI is InChI=1S/C14H16N5O5/c1-8-4-9(16-24-8)6-23-10(20)5-19-7-15-12-11(19)13(21)18(3)14(22)17(12)2/h4,7,11H,5-6H2,1-3H3/q+1. The molecule has 2 aliphatic rings. The van der Waals surface area contributed by atoms with Gasteiger partial charge >= 0.3 is 12.0 Å². The number of amidine groups is 1. The molecule has 1 unspecified atom stereocenters. The summed E-state index contributed by atoms with van der Waals surface area (Å²) in [6.45, 7) is 1.55. The van der Waals surface area contributed by atoms with Crippen LogP contribution < -0.4 is 0 Å². The molecule has 0 aliphatic carbocycles. The first kappa shape index (κ1) is 15.8. The van der Waals surface area contributed by atoms with Gasteiger partial charge in [-0.2, -0.15) is 0 Å². The van der Waals surface area contributed by atoms with Gasteiger partial charge in [-0.05, 0) is 11.9 Å². The number of ether oxygens (including phenoxy) is 1. The van der Waals surface area contributed by atoms with Gasteiger partial charge in [0.2, 0.25) is 0 Å². The Morgan fingerprint density at radius 1 is 1.38 bits per heavy atom. The maximum absolute atomic E-state index is 12.3. The summed E-state index contributed by atoms with van der Waals surface area (Å²) in [6, 6.07) is 0.394. The predicted octanol–water partition coefficient (Wildman–Crippen LogP) is -0.628. The first-order chi connectivity index (χ1) is 11.4. The largest absolute Gasteiger partial charge is 0.456 e. The number of carbonyl (C=O) groups excluding carboxylic acids is 3. The van der Waals surface area contributed by atoms with Gasteiger partial charge in [-0.15, -0.1) is 0 Å². The molecule has 1 fully saturated rings. The molecule has 1 saturated heterocycles. The molecular formula is C14H16N5O5+. The SMILES string of the molecule is Cc1cc(COC(=O)C[N+]2=CN=C3C2C(=O)N(C)C(=O)N3C)no1. The third kappa shape index (κ3) is 2.66. The number of esters is 1. The van der Waals surface area contributed by atoms with Gasteiger partial charge in [-0.25, -0.2) is 14.2 Å². The maximum atomic E-state index is 12.3. The zero-order valence-electron chi connectivity index (χ0n) is 13.4. The number of nitrogens with zero attached hydrogens (tertiary/aromatic N) is 5. The van der Waals surface area contributed by atoms with Gasteiger partial charge in [0, 0.05) is 20.2 Å². The highest BCUT2D eigenvalue weighted by Gasteiger charge is 2.50. The molecule has 126 valence electrons. The van der Waals surface area contributed by atoms with E-state index in [1.807, 2.05) is 0 Å². The molecule has 0 radical (unpaired) electrons. The average Bonchev–Trinajstić information content (AvgIpc) is 3.15. The number of hydrogen-bond donors (Lipinski definition) is 0. The molecule has 3 rings (SSSR count). The lowest BCUT2D eigenvalue weighted by molar-refractivity contribution is -0.521. The first-order valence-corrected chi connectivity index (χ1v) is 7.18. The van der Waals surface area contributed by atoms with Crippen molar-refractivity contribution in [2.45, 2.75) is 19.6 Å². The van der Waals surface area contributed by atoms with Crippen molar-refractivity contribution in [3.63, 3.8) is 0 Å². The lowest BCUT2D eigenvalue weighted by Gasteiger charge is -2.30. The zero-order valence-corrected chi connectivity index (χ0v) is 13.4. The molecule has 24 heavy (non-hydrogen) atoms. The van der Waals surface area contributed by atoms with Crippen LogP contribution in [0, 0.1) is 6.92 Å². The van der Waals surface area contributed by atoms with Crippen molar-refractivity contribution >= 4 is 30.1 Å². The average molecular weight is 334 g/mol. The number of urea groups is 1. The number of aryl methyl sites for hydroxylation is 1. The van der Waals surface area contributed by atoms with Crippen LogP contribution in [0.1, 0.15) is 11.5 Å². The minimum absolute atomic E-state index is 0.0192. The van der Waals surface area contributed by atoms with Crippen LogP contribution in [0.25, 0.3) is 0 Å². The van der Waals surface area contributed by atoms with Crippen molar-refractivity contribution < 1.29 is 28.2 Å². The molecule has 0 N–H and O–H groups in total. The Bertz CT molecular complexity index is 780. The summed E-state index contributed by atoms with van der Waals surface area (Å²) in [5, 5.41) is 3.72. The minimum Gasteiger partial charge on any atom is -0.456 e. The molecule has 2 aliphatic heterocycles. The topological polar surface area (TPSA) is 108 Å². The maximum Gasteiger partial charge on any atom is 0.348 e. The highest BCUT2D eigenvalue weighted by Crippen LogP contribution is 2.16. The minimum atomic E-state index is -0.806. The normalized spacial score (nSPS) is 20.0. The Morgan fingerprint density at radius 3 is 2.79 bits per heavy atom. The lowest BCUT2D eigenvalue weighted by atomic mass is 10.1. The molecular weight excluding hydrogens is 318 g/mol. The molecule has 0 aromatic carbocycles. The number of fused-ring (bicyclic) bond motifs is 1. The number of rotatable bonds is 4. The quantitative estimate of drug-likeness (QED) is 0.536. The van der Waals surface area contributed by atoms with Gasteiger partial charge in [-0.1, -0.05) is 5.16 Å². The molecule has 3 heterocycles. The Labute approximate surface area is 137 Å². The van der Waals surface area contributed by atoms with Crippen LogP contribution in [0.4, 0.5) is 4.79 Å². The van der Waals surface area contributed by atoms with Gasteiger partial charge in [0.05, 0.1) is 0 Å². The van der Waals surface area contributed by atoms with Crippen molar-refractivity contribution in [1.82, 2.24) is 15.0 Å². The highest BCUT2D eigenvalue weighted by molar-refractivity contribution is 6.21. The van der Waals surface area contributed by atoms with E-state index in [1.165, 1.54) is 29.9 Å². The number of hydrogen-bond acceptors (Lipinski definition) is 7. The lowest BCUT2D eigenvalue weighted by Crippen LogP contribution is -2.61. The van der Waals surface area contributed by atoms with Gasteiger partial charge in [0.1, 0.15) is 18.1 Å². The summed E-state index contributed by atoms with van der Waals surface area (Å²) in [4.78, 5) is 42.5. The smallest absolute Gasteiger partial charge is 0.348 e. The fourth-order valence-electron chi connectivity index (χ4n) is 2.51. The van der Waals surface area contributed by atoms with Crippen molar-refractivity contribution in [2.24, 2.45) is 4.99 Å². The molecule has 0 bridgehead atoms. The van der Waals surface area contributed by atoms with Gasteiger partial charge in [0.15, 0.2) is 6.54 Å². The molecule has 1 aromatic rings. The third-order valence-corrected chi connectivity index (χ3v) is 3.77. The summed E-state index contributed by atoms with van der Waals surface area (Å²) >= 11 is 0. The van der Waals surface area contributed by atoms with Crippen LogP contribution in [-0.2, 0) is 20.9 Å². The van der Waals surface area contributed by atoms with Gasteiger partial charge < -0.3 is 9.26 Å². The number of likely N-dealkylation sites (N-methyl/N-ethyl adjacent to an activating group) is 2. The van der Waals surface area contributed by atoms with Crippen molar-refractivity contribution in [3.05, 3.63) is 17.5 Å². The first-order valence-electron chi connectivity index (χ1n) is 7.18. The van der Waals surface area contributed by atoms with Crippen LogP contribution in [0.15, 0.2) is 15.6 Å². The number of aliphatic imine (C=N–C) groups is 1. The van der Waals surface area contributed by atoms with Crippen molar-refractivity contribution in [1.29, 1.82) is 0 Å². The molecule has 1 atom stereocenters. The fourth-order valence-corrected chi connectivity index (χ4v) is 2.51. The van der Waals surface area contributed by atoms with Crippen molar-refractivity contribution in [2.75, 3.05) is 20.6 Å². The van der Waals surface area contributed by atoms with E-state index in [9.17, 15) is 14.4 Å². The van der Waals surface area contributed by atoms with Gasteiger partial charge in [0.25, 0.3) is 24.1 Å². The second-order valence-corrected chi connectivity index (χ2v) is 5.51. The summed E-state index contributed by atoms with van der Waals surface area (Å²) < 4.78 is 11.4. The molecule has 10 heteroatoms. The van der Waals surface area contributed by atoms with E-state index >= 15 is 0 Å². The second kappa shape index (κ2) is 5.87. The van der Waals surface area contributed by atoms with Crippen LogP contribution in [0.5, 0.6) is 0 Å². The molecule has 0 saturated carbocycles. The third-order valence-electron chi connectivity index (χ3n) is 3.77.